The molecule has 0 fully saturated rings. The van der Waals surface area contributed by atoms with Gasteiger partial charge in [0.15, 0.2) is 11.2 Å². The fourth-order valence-corrected chi connectivity index (χ4v) is 4.66. The highest BCUT2D eigenvalue weighted by Gasteiger charge is 2.20. The molecule has 0 unspecified atom stereocenters. The molecule has 0 bridgehead atoms. The van der Waals surface area contributed by atoms with Gasteiger partial charge in [0, 0.05) is 12.2 Å². The molecule has 2 heterocycles. The Morgan fingerprint density at radius 2 is 1.46 bits per heavy atom. The minimum absolute atomic E-state index is 0.220. The van der Waals surface area contributed by atoms with Crippen molar-refractivity contribution in [1.82, 2.24) is 18.7 Å². The van der Waals surface area contributed by atoms with E-state index >= 15 is 0 Å². The molecule has 198 valence electrons. The number of nitrogens with one attached hydrogen (secondary N) is 1. The summed E-state index contributed by atoms with van der Waals surface area (Å²) >= 11 is 0. The molecule has 5 aromatic rings. The fraction of sp³-hybridized carbons (Fsp3) is 0.226. The third kappa shape index (κ3) is 5.60. The van der Waals surface area contributed by atoms with E-state index in [4.69, 9.17) is 0 Å². The topological polar surface area (TPSA) is 90.9 Å². The van der Waals surface area contributed by atoms with Crippen molar-refractivity contribution >= 4 is 22.8 Å². The van der Waals surface area contributed by atoms with Crippen molar-refractivity contribution in [1.29, 1.82) is 0 Å². The number of carbonyl (C=O) groups is 1. The second kappa shape index (κ2) is 11.3. The molecule has 1 amide bonds. The van der Waals surface area contributed by atoms with E-state index in [2.05, 4.69) is 24.1 Å². The Kier molecular flexibility index (Phi) is 7.54. The number of aromatic nitrogens is 4. The second-order valence-electron chi connectivity index (χ2n) is 9.76. The van der Waals surface area contributed by atoms with Crippen molar-refractivity contribution < 1.29 is 4.79 Å². The molecule has 0 saturated heterocycles. The molecule has 0 radical (unpaired) electrons. The van der Waals surface area contributed by atoms with E-state index in [0.717, 1.165) is 22.1 Å². The van der Waals surface area contributed by atoms with E-state index in [1.807, 2.05) is 84.9 Å². The van der Waals surface area contributed by atoms with E-state index in [0.29, 0.717) is 23.8 Å². The first kappa shape index (κ1) is 25.9. The van der Waals surface area contributed by atoms with Crippen molar-refractivity contribution in [2.45, 2.75) is 45.8 Å². The average Bonchev–Trinajstić information content (AvgIpc) is 3.38. The van der Waals surface area contributed by atoms with E-state index in [1.165, 1.54) is 10.1 Å². The number of carbonyl (C=O) groups excluding carboxylic acids is 1. The van der Waals surface area contributed by atoms with Gasteiger partial charge in [0.2, 0.25) is 5.91 Å². The van der Waals surface area contributed by atoms with Crippen LogP contribution >= 0.6 is 0 Å². The van der Waals surface area contributed by atoms with Gasteiger partial charge < -0.3 is 9.88 Å². The molecule has 39 heavy (non-hydrogen) atoms. The SMILES string of the molecule is CC[C@@H](C)c1ccc(NC(=O)Cn2c(=O)c3c(ncn3Cc3ccccc3)n(Cc3ccccc3)c2=O)cc1. The first-order valence-corrected chi connectivity index (χ1v) is 13.1. The monoisotopic (exact) mass is 521 g/mol. The number of amides is 1. The number of benzene rings is 3. The molecule has 1 N–H and O–H groups in total. The summed E-state index contributed by atoms with van der Waals surface area (Å²) in [6.07, 6.45) is 2.59. The van der Waals surface area contributed by atoms with Crippen LogP contribution in [0.2, 0.25) is 0 Å². The van der Waals surface area contributed by atoms with Crippen molar-refractivity contribution in [3.63, 3.8) is 0 Å². The zero-order valence-electron chi connectivity index (χ0n) is 22.1. The maximum atomic E-state index is 13.7. The lowest BCUT2D eigenvalue weighted by Gasteiger charge is -2.14. The van der Waals surface area contributed by atoms with Crippen LogP contribution in [0.25, 0.3) is 11.2 Å². The summed E-state index contributed by atoms with van der Waals surface area (Å²) in [7, 11) is 0. The highest BCUT2D eigenvalue weighted by molar-refractivity contribution is 5.90. The summed E-state index contributed by atoms with van der Waals surface area (Å²) in [6, 6.07) is 26.9. The maximum Gasteiger partial charge on any atom is 0.333 e. The molecule has 1 atom stereocenters. The number of anilines is 1. The largest absolute Gasteiger partial charge is 0.333 e. The number of hydrogen-bond donors (Lipinski definition) is 1. The maximum absolute atomic E-state index is 13.7. The molecule has 2 aromatic heterocycles. The summed E-state index contributed by atoms with van der Waals surface area (Å²) in [5, 5.41) is 2.83. The van der Waals surface area contributed by atoms with Gasteiger partial charge in [0.1, 0.15) is 6.54 Å². The molecule has 0 aliphatic rings. The molecular formula is C31H31N5O3. The van der Waals surface area contributed by atoms with E-state index in [-0.39, 0.29) is 12.1 Å². The highest BCUT2D eigenvalue weighted by atomic mass is 16.2. The minimum atomic E-state index is -0.580. The Labute approximate surface area is 226 Å². The lowest BCUT2D eigenvalue weighted by atomic mass is 9.99. The molecule has 0 spiro atoms. The van der Waals surface area contributed by atoms with Crippen LogP contribution in [0, 0.1) is 0 Å². The summed E-state index contributed by atoms with van der Waals surface area (Å²) in [5.74, 6) is -0.0332. The first-order valence-electron chi connectivity index (χ1n) is 13.1. The van der Waals surface area contributed by atoms with Crippen LogP contribution in [-0.4, -0.2) is 24.6 Å². The number of imidazole rings is 1. The van der Waals surface area contributed by atoms with E-state index < -0.39 is 23.7 Å². The Morgan fingerprint density at radius 1 is 0.846 bits per heavy atom. The second-order valence-corrected chi connectivity index (χ2v) is 9.76. The van der Waals surface area contributed by atoms with Crippen LogP contribution in [-0.2, 0) is 24.4 Å². The molecule has 3 aromatic carbocycles. The molecule has 5 rings (SSSR count). The quantitative estimate of drug-likeness (QED) is 0.307. The van der Waals surface area contributed by atoms with Crippen LogP contribution in [0.1, 0.15) is 42.9 Å². The molecule has 8 nitrogen and oxygen atoms in total. The van der Waals surface area contributed by atoms with Crippen LogP contribution in [0.4, 0.5) is 5.69 Å². The summed E-state index contributed by atoms with van der Waals surface area (Å²) in [6.45, 7) is 4.50. The van der Waals surface area contributed by atoms with Gasteiger partial charge in [-0.2, -0.15) is 0 Å². The third-order valence-corrected chi connectivity index (χ3v) is 7.04. The number of nitrogens with zero attached hydrogens (tertiary/aromatic N) is 4. The van der Waals surface area contributed by atoms with Crippen molar-refractivity contribution in [3.8, 4) is 0 Å². The molecule has 8 heteroatoms. The molecule has 0 aliphatic carbocycles. The Balaban J connectivity index is 1.52. The molecule has 0 saturated carbocycles. The van der Waals surface area contributed by atoms with E-state index in [9.17, 15) is 14.4 Å². The standard InChI is InChI=1S/C31H31N5O3/c1-3-22(2)25-14-16-26(17-15-25)33-27(37)20-36-30(38)28-29(32-21-34(28)18-23-10-6-4-7-11-23)35(31(36)39)19-24-12-8-5-9-13-24/h4-17,21-22H,3,18-20H2,1-2H3,(H,33,37)/t22-/m1/s1. The fourth-order valence-electron chi connectivity index (χ4n) is 4.66. The van der Waals surface area contributed by atoms with Gasteiger partial charge in [0.25, 0.3) is 5.56 Å². The van der Waals surface area contributed by atoms with Gasteiger partial charge in [-0.05, 0) is 41.2 Å². The lowest BCUT2D eigenvalue weighted by Crippen LogP contribution is -2.43. The van der Waals surface area contributed by atoms with Gasteiger partial charge in [-0.15, -0.1) is 0 Å². The van der Waals surface area contributed by atoms with Crippen LogP contribution in [0.3, 0.4) is 0 Å². The van der Waals surface area contributed by atoms with Gasteiger partial charge in [-0.25, -0.2) is 14.3 Å². The number of hydrogen-bond acceptors (Lipinski definition) is 4. The first-order chi connectivity index (χ1) is 18.9. The summed E-state index contributed by atoms with van der Waals surface area (Å²) in [5.41, 5.74) is 3.12. The van der Waals surface area contributed by atoms with Gasteiger partial charge in [-0.1, -0.05) is 86.6 Å². The molecule has 0 aliphatic heterocycles. The number of rotatable bonds is 9. The van der Waals surface area contributed by atoms with E-state index in [1.54, 1.807) is 10.9 Å². The smallest absolute Gasteiger partial charge is 0.325 e. The Morgan fingerprint density at radius 3 is 2.08 bits per heavy atom. The number of fused-ring (bicyclic) bond motifs is 1. The van der Waals surface area contributed by atoms with Gasteiger partial charge >= 0.3 is 5.69 Å². The predicted octanol–water partition coefficient (Wildman–Crippen LogP) is 4.61. The van der Waals surface area contributed by atoms with Crippen LogP contribution in [0.5, 0.6) is 0 Å². The minimum Gasteiger partial charge on any atom is -0.325 e. The van der Waals surface area contributed by atoms with Crippen molar-refractivity contribution in [2.24, 2.45) is 0 Å². The van der Waals surface area contributed by atoms with Crippen molar-refractivity contribution in [2.75, 3.05) is 5.32 Å². The van der Waals surface area contributed by atoms with Crippen molar-refractivity contribution in [3.05, 3.63) is 129 Å². The Hall–Kier alpha value is -4.72. The highest BCUT2D eigenvalue weighted by Crippen LogP contribution is 2.20. The lowest BCUT2D eigenvalue weighted by molar-refractivity contribution is -0.116. The average molecular weight is 522 g/mol. The van der Waals surface area contributed by atoms with Crippen LogP contribution < -0.4 is 16.6 Å². The zero-order valence-corrected chi connectivity index (χ0v) is 22.1. The summed E-state index contributed by atoms with van der Waals surface area (Å²) < 4.78 is 4.19. The van der Waals surface area contributed by atoms with Gasteiger partial charge in [-0.3, -0.25) is 14.2 Å². The van der Waals surface area contributed by atoms with Crippen LogP contribution in [0.15, 0.2) is 101 Å². The Bertz CT molecular complexity index is 1700. The molecular weight excluding hydrogens is 490 g/mol. The summed E-state index contributed by atoms with van der Waals surface area (Å²) in [4.78, 5) is 44.8. The normalized spacial score (nSPS) is 11.9. The third-order valence-electron chi connectivity index (χ3n) is 7.04. The van der Waals surface area contributed by atoms with Gasteiger partial charge in [0.05, 0.1) is 12.9 Å². The zero-order chi connectivity index (χ0) is 27.4. The predicted molar refractivity (Wildman–Crippen MR) is 153 cm³/mol.